The van der Waals surface area contributed by atoms with Gasteiger partial charge >= 0.3 is 6.09 Å². The van der Waals surface area contributed by atoms with E-state index in [1.54, 1.807) is 18.2 Å². The van der Waals surface area contributed by atoms with E-state index >= 15 is 0 Å². The minimum atomic E-state index is -0.931. The van der Waals surface area contributed by atoms with E-state index in [9.17, 15) is 14.0 Å². The Labute approximate surface area is 172 Å². The van der Waals surface area contributed by atoms with Gasteiger partial charge in [0.05, 0.1) is 12.8 Å². The van der Waals surface area contributed by atoms with E-state index in [4.69, 9.17) is 9.47 Å². The monoisotopic (exact) mass is 406 g/mol. The molecule has 152 valence electrons. The molecule has 1 atom stereocenters. The minimum absolute atomic E-state index is 0.0880. The highest BCUT2D eigenvalue weighted by molar-refractivity contribution is 6.11. The number of nitrogens with one attached hydrogen (secondary N) is 1. The van der Waals surface area contributed by atoms with E-state index in [1.165, 1.54) is 36.3 Å². The molecule has 0 aliphatic carbocycles. The van der Waals surface area contributed by atoms with Gasteiger partial charge in [-0.25, -0.2) is 9.18 Å². The van der Waals surface area contributed by atoms with Crippen molar-refractivity contribution in [3.05, 3.63) is 89.7 Å². The Morgan fingerprint density at radius 3 is 2.50 bits per heavy atom. The summed E-state index contributed by atoms with van der Waals surface area (Å²) in [6.45, 7) is 0.0880. The van der Waals surface area contributed by atoms with Crippen LogP contribution in [0.3, 0.4) is 0 Å². The largest absolute Gasteiger partial charge is 0.497 e. The number of anilines is 2. The van der Waals surface area contributed by atoms with Gasteiger partial charge in [0.1, 0.15) is 24.2 Å². The zero-order valence-electron chi connectivity index (χ0n) is 16.2. The molecule has 0 saturated carbocycles. The topological polar surface area (TPSA) is 67.9 Å². The molecule has 30 heavy (non-hydrogen) atoms. The number of rotatable bonds is 5. The predicted molar refractivity (Wildman–Crippen MR) is 109 cm³/mol. The lowest BCUT2D eigenvalue weighted by molar-refractivity contribution is -0.119. The number of methoxy groups -OCH3 is 1. The molecule has 0 saturated heterocycles. The van der Waals surface area contributed by atoms with Crippen molar-refractivity contribution in [3.8, 4) is 5.75 Å². The standard InChI is InChI=1S/C23H19FN2O4/c1-29-18-11-12-19-20(13-18)26(17-9-7-16(24)8-10-17)22(27)21(19)25-23(28)30-14-15-5-3-2-4-6-15/h2-13,21H,14H2,1H3,(H,25,28). The molecular formula is C23H19FN2O4. The molecule has 1 unspecified atom stereocenters. The van der Waals surface area contributed by atoms with Crippen LogP contribution in [0.25, 0.3) is 0 Å². The number of ether oxygens (including phenoxy) is 2. The third-order valence-electron chi connectivity index (χ3n) is 4.82. The van der Waals surface area contributed by atoms with Crippen LogP contribution in [-0.2, 0) is 16.1 Å². The predicted octanol–water partition coefficient (Wildman–Crippen LogP) is 4.48. The third kappa shape index (κ3) is 3.82. The molecule has 0 bridgehead atoms. The number of nitrogens with zero attached hydrogens (tertiary/aromatic N) is 1. The average Bonchev–Trinajstić information content (AvgIpc) is 3.04. The van der Waals surface area contributed by atoms with E-state index in [1.807, 2.05) is 30.3 Å². The van der Waals surface area contributed by atoms with Crippen LogP contribution in [0, 0.1) is 5.82 Å². The number of benzene rings is 3. The molecule has 1 aliphatic heterocycles. The molecule has 1 aliphatic rings. The van der Waals surface area contributed by atoms with Crippen molar-refractivity contribution in [1.29, 1.82) is 0 Å². The van der Waals surface area contributed by atoms with E-state index in [0.29, 0.717) is 22.7 Å². The van der Waals surface area contributed by atoms with Crippen LogP contribution in [0.2, 0.25) is 0 Å². The summed E-state index contributed by atoms with van der Waals surface area (Å²) in [4.78, 5) is 27.0. The maximum Gasteiger partial charge on any atom is 0.408 e. The maximum absolute atomic E-state index is 13.4. The summed E-state index contributed by atoms with van der Waals surface area (Å²) < 4.78 is 23.9. The Kier molecular flexibility index (Phi) is 5.34. The van der Waals surface area contributed by atoms with Crippen LogP contribution in [0.1, 0.15) is 17.2 Å². The van der Waals surface area contributed by atoms with Crippen molar-refractivity contribution in [2.45, 2.75) is 12.6 Å². The highest BCUT2D eigenvalue weighted by Crippen LogP contribution is 2.42. The highest BCUT2D eigenvalue weighted by Gasteiger charge is 2.39. The molecular weight excluding hydrogens is 387 g/mol. The summed E-state index contributed by atoms with van der Waals surface area (Å²) in [6, 6.07) is 19.0. The van der Waals surface area contributed by atoms with Gasteiger partial charge in [0.15, 0.2) is 0 Å². The summed E-state index contributed by atoms with van der Waals surface area (Å²) in [5.74, 6) is -0.224. The summed E-state index contributed by atoms with van der Waals surface area (Å²) in [6.07, 6.45) is -0.708. The summed E-state index contributed by atoms with van der Waals surface area (Å²) >= 11 is 0. The number of amides is 2. The smallest absolute Gasteiger partial charge is 0.408 e. The SMILES string of the molecule is COc1ccc2c(c1)N(c1ccc(F)cc1)C(=O)C2NC(=O)OCc1ccccc1. The molecule has 2 amide bonds. The number of hydrogen-bond acceptors (Lipinski definition) is 4. The number of fused-ring (bicyclic) bond motifs is 1. The average molecular weight is 406 g/mol. The molecule has 0 spiro atoms. The van der Waals surface area contributed by atoms with Gasteiger partial charge in [0.25, 0.3) is 5.91 Å². The summed E-state index contributed by atoms with van der Waals surface area (Å²) in [7, 11) is 1.53. The van der Waals surface area contributed by atoms with E-state index in [0.717, 1.165) is 5.56 Å². The summed E-state index contributed by atoms with van der Waals surface area (Å²) in [5.41, 5.74) is 2.47. The lowest BCUT2D eigenvalue weighted by Gasteiger charge is -2.18. The minimum Gasteiger partial charge on any atom is -0.497 e. The molecule has 6 nitrogen and oxygen atoms in total. The fourth-order valence-electron chi connectivity index (χ4n) is 3.35. The Bertz CT molecular complexity index is 1070. The normalized spacial score (nSPS) is 14.9. The van der Waals surface area contributed by atoms with E-state index < -0.39 is 18.0 Å². The van der Waals surface area contributed by atoms with E-state index in [2.05, 4.69) is 5.32 Å². The molecule has 0 aromatic heterocycles. The zero-order chi connectivity index (χ0) is 21.1. The molecule has 0 radical (unpaired) electrons. The Morgan fingerprint density at radius 2 is 1.80 bits per heavy atom. The van der Waals surface area contributed by atoms with E-state index in [-0.39, 0.29) is 12.5 Å². The summed E-state index contributed by atoms with van der Waals surface area (Å²) in [5, 5.41) is 2.64. The van der Waals surface area contributed by atoms with Gasteiger partial charge in [-0.3, -0.25) is 9.69 Å². The number of alkyl carbamates (subject to hydrolysis) is 1. The first-order valence-corrected chi connectivity index (χ1v) is 9.31. The van der Waals surface area contributed by atoms with Gasteiger partial charge < -0.3 is 14.8 Å². The van der Waals surface area contributed by atoms with Gasteiger partial charge in [-0.1, -0.05) is 36.4 Å². The Hall–Kier alpha value is -3.87. The van der Waals surface area contributed by atoms with Crippen LogP contribution >= 0.6 is 0 Å². The Morgan fingerprint density at radius 1 is 1.07 bits per heavy atom. The van der Waals surface area contributed by atoms with Crippen LogP contribution in [0.5, 0.6) is 5.75 Å². The van der Waals surface area contributed by atoms with Crippen molar-refractivity contribution in [2.75, 3.05) is 12.0 Å². The van der Waals surface area contributed by atoms with Gasteiger partial charge in [0.2, 0.25) is 0 Å². The second-order valence-electron chi connectivity index (χ2n) is 6.71. The van der Waals surface area contributed by atoms with Crippen LogP contribution in [0.4, 0.5) is 20.6 Å². The lowest BCUT2D eigenvalue weighted by atomic mass is 10.1. The van der Waals surface area contributed by atoms with Gasteiger partial charge in [-0.2, -0.15) is 0 Å². The van der Waals surface area contributed by atoms with Crippen molar-refractivity contribution in [2.24, 2.45) is 0 Å². The zero-order valence-corrected chi connectivity index (χ0v) is 16.2. The molecule has 1 heterocycles. The second-order valence-corrected chi connectivity index (χ2v) is 6.71. The van der Waals surface area contributed by atoms with Gasteiger partial charge in [0, 0.05) is 17.3 Å². The molecule has 3 aromatic rings. The number of halogens is 1. The van der Waals surface area contributed by atoms with Crippen LogP contribution in [0.15, 0.2) is 72.8 Å². The molecule has 4 rings (SSSR count). The highest BCUT2D eigenvalue weighted by atomic mass is 19.1. The molecule has 0 fully saturated rings. The van der Waals surface area contributed by atoms with Crippen molar-refractivity contribution in [1.82, 2.24) is 5.32 Å². The van der Waals surface area contributed by atoms with Crippen molar-refractivity contribution >= 4 is 23.4 Å². The number of carbonyl (C=O) groups is 2. The number of carbonyl (C=O) groups excluding carboxylic acids is 2. The fourth-order valence-corrected chi connectivity index (χ4v) is 3.35. The first kappa shape index (κ1) is 19.4. The molecule has 1 N–H and O–H groups in total. The van der Waals surface area contributed by atoms with Crippen molar-refractivity contribution in [3.63, 3.8) is 0 Å². The van der Waals surface area contributed by atoms with Gasteiger partial charge in [-0.15, -0.1) is 0 Å². The maximum atomic E-state index is 13.4. The van der Waals surface area contributed by atoms with Crippen LogP contribution in [-0.4, -0.2) is 19.1 Å². The third-order valence-corrected chi connectivity index (χ3v) is 4.82. The van der Waals surface area contributed by atoms with Crippen molar-refractivity contribution < 1.29 is 23.5 Å². The fraction of sp³-hybridized carbons (Fsp3) is 0.130. The number of hydrogen-bond donors (Lipinski definition) is 1. The first-order chi connectivity index (χ1) is 14.6. The second kappa shape index (κ2) is 8.24. The quantitative estimate of drug-likeness (QED) is 0.678. The lowest BCUT2D eigenvalue weighted by Crippen LogP contribution is -2.36. The molecule has 7 heteroatoms. The molecule has 3 aromatic carbocycles. The van der Waals surface area contributed by atoms with Gasteiger partial charge in [-0.05, 0) is 35.9 Å². The Balaban J connectivity index is 1.58. The first-order valence-electron chi connectivity index (χ1n) is 9.31. The van der Waals surface area contributed by atoms with Crippen LogP contribution < -0.4 is 15.0 Å².